The zero-order valence-corrected chi connectivity index (χ0v) is 10.7. The number of hydrogen-bond acceptors (Lipinski definition) is 4. The van der Waals surface area contributed by atoms with E-state index in [9.17, 15) is 14.4 Å². The molecular formula is C12H14N4O4. The van der Waals surface area contributed by atoms with Gasteiger partial charge in [0.25, 0.3) is 0 Å². The zero-order valence-electron chi connectivity index (χ0n) is 10.7. The Bertz CT molecular complexity index is 582. The molecule has 2 aliphatic rings. The Kier molecular flexibility index (Phi) is 2.92. The topological polar surface area (TPSA) is 95.7 Å². The number of likely N-dealkylation sites (tertiary alicyclic amines) is 1. The molecule has 3 amide bonds. The smallest absolute Gasteiger partial charge is 0.414 e. The van der Waals surface area contributed by atoms with Gasteiger partial charge in [-0.2, -0.15) is 0 Å². The van der Waals surface area contributed by atoms with Crippen molar-refractivity contribution in [2.75, 3.05) is 6.54 Å². The van der Waals surface area contributed by atoms with Crippen LogP contribution in [-0.4, -0.2) is 55.0 Å². The van der Waals surface area contributed by atoms with E-state index in [0.717, 1.165) is 5.82 Å². The summed E-state index contributed by atoms with van der Waals surface area (Å²) in [5, 5.41) is 9.04. The Morgan fingerprint density at radius 3 is 2.90 bits per heavy atom. The minimum Gasteiger partial charge on any atom is -0.465 e. The molecule has 20 heavy (non-hydrogen) atoms. The Hall–Kier alpha value is -2.38. The molecule has 8 heteroatoms. The summed E-state index contributed by atoms with van der Waals surface area (Å²) in [6, 6.07) is -0.887. The Morgan fingerprint density at radius 1 is 1.35 bits per heavy atom. The van der Waals surface area contributed by atoms with Gasteiger partial charge in [-0.25, -0.2) is 14.7 Å². The first kappa shape index (κ1) is 12.6. The van der Waals surface area contributed by atoms with Crippen LogP contribution < -0.4 is 0 Å². The summed E-state index contributed by atoms with van der Waals surface area (Å²) in [6.07, 6.45) is 2.52. The summed E-state index contributed by atoms with van der Waals surface area (Å²) < 4.78 is 1.96. The van der Waals surface area contributed by atoms with E-state index in [0.29, 0.717) is 24.5 Å². The number of imidazole rings is 1. The lowest BCUT2D eigenvalue weighted by molar-refractivity contribution is -0.141. The molecule has 0 radical (unpaired) electrons. The molecule has 0 bridgehead atoms. The summed E-state index contributed by atoms with van der Waals surface area (Å²) in [7, 11) is 0. The third-order valence-electron chi connectivity index (χ3n) is 3.76. The lowest BCUT2D eigenvalue weighted by Crippen LogP contribution is -2.50. The van der Waals surface area contributed by atoms with Crippen molar-refractivity contribution in [1.29, 1.82) is 0 Å². The zero-order chi connectivity index (χ0) is 14.3. The molecule has 3 heterocycles. The van der Waals surface area contributed by atoms with Gasteiger partial charge in [0.15, 0.2) is 0 Å². The highest BCUT2D eigenvalue weighted by Gasteiger charge is 2.42. The number of carbonyl (C=O) groups is 3. The maximum absolute atomic E-state index is 12.4. The summed E-state index contributed by atoms with van der Waals surface area (Å²) in [6.45, 7) is 1.49. The van der Waals surface area contributed by atoms with Crippen LogP contribution in [0.25, 0.3) is 0 Å². The van der Waals surface area contributed by atoms with Gasteiger partial charge in [0, 0.05) is 31.9 Å². The van der Waals surface area contributed by atoms with Crippen molar-refractivity contribution in [3.8, 4) is 0 Å². The van der Waals surface area contributed by atoms with Gasteiger partial charge in [0.2, 0.25) is 11.8 Å². The summed E-state index contributed by atoms with van der Waals surface area (Å²) in [5.74, 6) is -0.0438. The van der Waals surface area contributed by atoms with Crippen molar-refractivity contribution >= 4 is 17.9 Å². The molecule has 1 unspecified atom stereocenters. The summed E-state index contributed by atoms with van der Waals surface area (Å²) in [4.78, 5) is 41.4. The van der Waals surface area contributed by atoms with E-state index in [4.69, 9.17) is 5.11 Å². The highest BCUT2D eigenvalue weighted by atomic mass is 16.4. The number of carbonyl (C=O) groups excluding carboxylic acids is 2. The third-order valence-corrected chi connectivity index (χ3v) is 3.76. The molecule has 106 valence electrons. The maximum Gasteiger partial charge on any atom is 0.414 e. The van der Waals surface area contributed by atoms with Crippen molar-refractivity contribution in [3.05, 3.63) is 18.2 Å². The number of carboxylic acid groups (broad SMARTS) is 1. The van der Waals surface area contributed by atoms with Crippen LogP contribution in [0.15, 0.2) is 12.4 Å². The fourth-order valence-electron chi connectivity index (χ4n) is 2.73. The van der Waals surface area contributed by atoms with Crippen LogP contribution in [0.1, 0.15) is 18.7 Å². The molecule has 2 aliphatic heterocycles. The molecule has 0 aliphatic carbocycles. The van der Waals surface area contributed by atoms with E-state index in [1.54, 1.807) is 11.1 Å². The molecular weight excluding hydrogens is 264 g/mol. The van der Waals surface area contributed by atoms with Crippen molar-refractivity contribution in [1.82, 2.24) is 19.4 Å². The molecule has 0 saturated carbocycles. The van der Waals surface area contributed by atoms with Gasteiger partial charge >= 0.3 is 6.09 Å². The predicted octanol–water partition coefficient (Wildman–Crippen LogP) is -0.106. The molecule has 1 aromatic rings. The number of amides is 3. The van der Waals surface area contributed by atoms with E-state index in [-0.39, 0.29) is 18.7 Å². The number of fused-ring (bicyclic) bond motifs is 1. The largest absolute Gasteiger partial charge is 0.465 e. The fraction of sp³-hybridized carbons (Fsp3) is 0.500. The number of rotatable bonds is 1. The van der Waals surface area contributed by atoms with E-state index in [1.165, 1.54) is 0 Å². The van der Waals surface area contributed by atoms with Gasteiger partial charge < -0.3 is 14.6 Å². The number of hydrogen-bond donors (Lipinski definition) is 1. The van der Waals surface area contributed by atoms with Crippen molar-refractivity contribution in [2.24, 2.45) is 0 Å². The van der Waals surface area contributed by atoms with E-state index < -0.39 is 18.0 Å². The van der Waals surface area contributed by atoms with E-state index in [1.807, 2.05) is 10.8 Å². The predicted molar refractivity (Wildman–Crippen MR) is 65.5 cm³/mol. The highest BCUT2D eigenvalue weighted by Crippen LogP contribution is 2.22. The lowest BCUT2D eigenvalue weighted by atomic mass is 10.2. The van der Waals surface area contributed by atoms with E-state index >= 15 is 0 Å². The second-order valence-electron chi connectivity index (χ2n) is 4.90. The number of nitrogens with zero attached hydrogens (tertiary/aromatic N) is 4. The Morgan fingerprint density at radius 2 is 2.15 bits per heavy atom. The SMILES string of the molecule is O=C(C1CCC(=O)N1C(=O)O)N1CCn2ccnc2C1. The van der Waals surface area contributed by atoms with Crippen LogP contribution in [0.2, 0.25) is 0 Å². The fourth-order valence-corrected chi connectivity index (χ4v) is 2.73. The lowest BCUT2D eigenvalue weighted by Gasteiger charge is -2.31. The molecule has 1 atom stereocenters. The maximum atomic E-state index is 12.4. The number of imide groups is 1. The second kappa shape index (κ2) is 4.62. The minimum atomic E-state index is -1.36. The van der Waals surface area contributed by atoms with Gasteiger partial charge in [-0.1, -0.05) is 0 Å². The van der Waals surface area contributed by atoms with Crippen LogP contribution in [-0.2, 0) is 22.7 Å². The Balaban J connectivity index is 1.77. The van der Waals surface area contributed by atoms with Crippen LogP contribution in [0.4, 0.5) is 4.79 Å². The van der Waals surface area contributed by atoms with Crippen LogP contribution in [0, 0.1) is 0 Å². The highest BCUT2D eigenvalue weighted by molar-refractivity contribution is 6.00. The molecule has 1 N–H and O–H groups in total. The molecule has 1 fully saturated rings. The molecule has 1 aromatic heterocycles. The van der Waals surface area contributed by atoms with Gasteiger partial charge in [-0.3, -0.25) is 9.59 Å². The van der Waals surface area contributed by atoms with Crippen molar-refractivity contribution in [3.63, 3.8) is 0 Å². The van der Waals surface area contributed by atoms with Crippen LogP contribution >= 0.6 is 0 Å². The quantitative estimate of drug-likeness (QED) is 0.773. The van der Waals surface area contributed by atoms with Crippen LogP contribution in [0.5, 0.6) is 0 Å². The monoisotopic (exact) mass is 278 g/mol. The first-order chi connectivity index (χ1) is 9.58. The second-order valence-corrected chi connectivity index (χ2v) is 4.90. The molecule has 0 spiro atoms. The standard InChI is InChI=1S/C12H14N4O4/c17-10-2-1-8(16(10)12(19)20)11(18)15-6-5-14-4-3-13-9(14)7-15/h3-4,8H,1-2,5-7H2,(H,19,20). The summed E-state index contributed by atoms with van der Waals surface area (Å²) >= 11 is 0. The molecule has 3 rings (SSSR count). The average Bonchev–Trinajstić information content (AvgIpc) is 3.02. The molecule has 1 saturated heterocycles. The summed E-state index contributed by atoms with van der Waals surface area (Å²) in [5.41, 5.74) is 0. The third kappa shape index (κ3) is 1.93. The normalized spacial score (nSPS) is 22.0. The Labute approximate surface area is 114 Å². The van der Waals surface area contributed by atoms with Gasteiger partial charge in [-0.05, 0) is 6.42 Å². The molecule has 8 nitrogen and oxygen atoms in total. The average molecular weight is 278 g/mol. The van der Waals surface area contributed by atoms with Gasteiger partial charge in [-0.15, -0.1) is 0 Å². The van der Waals surface area contributed by atoms with Crippen molar-refractivity contribution < 1.29 is 19.5 Å². The first-order valence-corrected chi connectivity index (χ1v) is 6.41. The minimum absolute atomic E-state index is 0.102. The van der Waals surface area contributed by atoms with Crippen molar-refractivity contribution in [2.45, 2.75) is 32.0 Å². The number of aromatic nitrogens is 2. The van der Waals surface area contributed by atoms with Crippen LogP contribution in [0.3, 0.4) is 0 Å². The van der Waals surface area contributed by atoms with Gasteiger partial charge in [0.05, 0.1) is 6.54 Å². The van der Waals surface area contributed by atoms with E-state index in [2.05, 4.69) is 4.98 Å². The van der Waals surface area contributed by atoms with Gasteiger partial charge in [0.1, 0.15) is 11.9 Å². The molecule has 0 aromatic carbocycles. The first-order valence-electron chi connectivity index (χ1n) is 6.41.